The van der Waals surface area contributed by atoms with Gasteiger partial charge in [-0.1, -0.05) is 20.8 Å². The fourth-order valence-corrected chi connectivity index (χ4v) is 3.96. The van der Waals surface area contributed by atoms with E-state index in [4.69, 9.17) is 4.74 Å². The summed E-state index contributed by atoms with van der Waals surface area (Å²) in [6.07, 6.45) is 8.38. The van der Waals surface area contributed by atoms with Crippen LogP contribution in [0.15, 0.2) is 0 Å². The van der Waals surface area contributed by atoms with Crippen LogP contribution in [0.25, 0.3) is 0 Å². The van der Waals surface area contributed by atoms with Crippen LogP contribution in [0.4, 0.5) is 0 Å². The Morgan fingerprint density at radius 3 is 2.78 bits per heavy atom. The molecule has 1 saturated carbocycles. The number of nitrogens with one attached hydrogen (secondary N) is 1. The zero-order valence-electron chi connectivity index (χ0n) is 12.5. The van der Waals surface area contributed by atoms with Gasteiger partial charge in [-0.05, 0) is 68.9 Å². The molecule has 2 heteroatoms. The molecule has 18 heavy (non-hydrogen) atoms. The van der Waals surface area contributed by atoms with Crippen LogP contribution in [0.2, 0.25) is 0 Å². The topological polar surface area (TPSA) is 21.3 Å². The second-order valence-corrected chi connectivity index (χ2v) is 7.41. The van der Waals surface area contributed by atoms with Gasteiger partial charge in [0.25, 0.3) is 0 Å². The first-order valence-electron chi connectivity index (χ1n) is 7.87. The van der Waals surface area contributed by atoms with Crippen molar-refractivity contribution in [2.45, 2.75) is 65.4 Å². The quantitative estimate of drug-likeness (QED) is 0.826. The third-order valence-corrected chi connectivity index (χ3v) is 4.63. The predicted octanol–water partition coefficient (Wildman–Crippen LogP) is 3.61. The molecule has 1 aliphatic carbocycles. The van der Waals surface area contributed by atoms with E-state index < -0.39 is 0 Å². The molecule has 1 heterocycles. The molecule has 2 aliphatic rings. The third-order valence-electron chi connectivity index (χ3n) is 4.63. The molecular weight excluding hydrogens is 222 g/mol. The molecule has 1 aliphatic heterocycles. The van der Waals surface area contributed by atoms with Crippen molar-refractivity contribution in [1.29, 1.82) is 0 Å². The number of hydrogen-bond donors (Lipinski definition) is 1. The molecule has 0 amide bonds. The average molecular weight is 253 g/mol. The Hall–Kier alpha value is -0.0800. The highest BCUT2D eigenvalue weighted by Crippen LogP contribution is 2.39. The van der Waals surface area contributed by atoms with E-state index in [0.717, 1.165) is 18.4 Å². The summed E-state index contributed by atoms with van der Waals surface area (Å²) in [5.74, 6) is 1.68. The summed E-state index contributed by atoms with van der Waals surface area (Å²) in [7, 11) is 0. The lowest BCUT2D eigenvalue weighted by Crippen LogP contribution is -2.34. The van der Waals surface area contributed by atoms with Crippen molar-refractivity contribution in [2.75, 3.05) is 19.7 Å². The number of ether oxygens (including phenoxy) is 1. The van der Waals surface area contributed by atoms with Crippen LogP contribution >= 0.6 is 0 Å². The standard InChI is InChI=1S/C16H31NO/c1-13-9-15(11-16(2,3)10-13)18-8-6-14-5-4-7-17-12-14/h13-15,17H,4-12H2,1-3H3. The molecular formula is C16H31NO. The number of piperidine rings is 1. The van der Waals surface area contributed by atoms with E-state index >= 15 is 0 Å². The van der Waals surface area contributed by atoms with Crippen LogP contribution in [-0.4, -0.2) is 25.8 Å². The van der Waals surface area contributed by atoms with Crippen molar-refractivity contribution in [3.8, 4) is 0 Å². The van der Waals surface area contributed by atoms with Gasteiger partial charge in [-0.2, -0.15) is 0 Å². The Balaban J connectivity index is 1.66. The molecule has 3 unspecified atom stereocenters. The fraction of sp³-hybridized carbons (Fsp3) is 1.00. The number of rotatable bonds is 4. The van der Waals surface area contributed by atoms with Crippen molar-refractivity contribution < 1.29 is 4.74 Å². The summed E-state index contributed by atoms with van der Waals surface area (Å²) in [5, 5.41) is 3.49. The Kier molecular flexibility index (Phi) is 5.08. The maximum atomic E-state index is 6.16. The first-order valence-corrected chi connectivity index (χ1v) is 7.87. The van der Waals surface area contributed by atoms with E-state index in [9.17, 15) is 0 Å². The second-order valence-electron chi connectivity index (χ2n) is 7.41. The second kappa shape index (κ2) is 6.38. The van der Waals surface area contributed by atoms with E-state index in [1.54, 1.807) is 0 Å². The smallest absolute Gasteiger partial charge is 0.0582 e. The molecule has 106 valence electrons. The number of hydrogen-bond acceptors (Lipinski definition) is 2. The Morgan fingerprint density at radius 2 is 2.11 bits per heavy atom. The van der Waals surface area contributed by atoms with Gasteiger partial charge in [0, 0.05) is 6.61 Å². The highest BCUT2D eigenvalue weighted by atomic mass is 16.5. The molecule has 1 N–H and O–H groups in total. The van der Waals surface area contributed by atoms with Gasteiger partial charge in [0.2, 0.25) is 0 Å². The molecule has 2 nitrogen and oxygen atoms in total. The molecule has 0 bridgehead atoms. The molecule has 2 fully saturated rings. The van der Waals surface area contributed by atoms with E-state index in [-0.39, 0.29) is 0 Å². The van der Waals surface area contributed by atoms with Crippen LogP contribution in [-0.2, 0) is 4.74 Å². The van der Waals surface area contributed by atoms with Crippen molar-refractivity contribution >= 4 is 0 Å². The van der Waals surface area contributed by atoms with Crippen LogP contribution in [0, 0.1) is 17.3 Å². The van der Waals surface area contributed by atoms with Gasteiger partial charge in [-0.25, -0.2) is 0 Å². The molecule has 0 aromatic heterocycles. The van der Waals surface area contributed by atoms with Crippen molar-refractivity contribution in [3.63, 3.8) is 0 Å². The summed E-state index contributed by atoms with van der Waals surface area (Å²) in [6.45, 7) is 10.6. The molecule has 0 spiro atoms. The lowest BCUT2D eigenvalue weighted by Gasteiger charge is -2.39. The normalized spacial score (nSPS) is 36.5. The van der Waals surface area contributed by atoms with Crippen molar-refractivity contribution in [2.24, 2.45) is 17.3 Å². The SMILES string of the molecule is CC1CC(OCCC2CCCNC2)CC(C)(C)C1. The maximum absolute atomic E-state index is 6.16. The van der Waals surface area contributed by atoms with Gasteiger partial charge >= 0.3 is 0 Å². The largest absolute Gasteiger partial charge is 0.378 e. The molecule has 1 saturated heterocycles. The van der Waals surface area contributed by atoms with E-state index in [2.05, 4.69) is 26.1 Å². The van der Waals surface area contributed by atoms with Crippen LogP contribution in [0.3, 0.4) is 0 Å². The Labute approximate surface area is 113 Å². The molecule has 0 aromatic rings. The first kappa shape index (κ1) is 14.3. The lowest BCUT2D eigenvalue weighted by molar-refractivity contribution is -0.0277. The lowest BCUT2D eigenvalue weighted by atomic mass is 9.71. The van der Waals surface area contributed by atoms with Gasteiger partial charge in [0.1, 0.15) is 0 Å². The Bertz CT molecular complexity index is 245. The average Bonchev–Trinajstić information content (AvgIpc) is 2.27. The predicted molar refractivity (Wildman–Crippen MR) is 76.7 cm³/mol. The molecule has 2 rings (SSSR count). The minimum absolute atomic E-state index is 0.481. The summed E-state index contributed by atoms with van der Waals surface area (Å²) >= 11 is 0. The zero-order chi connectivity index (χ0) is 13.0. The van der Waals surface area contributed by atoms with Gasteiger partial charge in [0.05, 0.1) is 6.10 Å². The molecule has 0 aromatic carbocycles. The van der Waals surface area contributed by atoms with E-state index in [0.29, 0.717) is 11.5 Å². The monoisotopic (exact) mass is 253 g/mol. The third kappa shape index (κ3) is 4.55. The van der Waals surface area contributed by atoms with E-state index in [1.165, 1.54) is 51.6 Å². The van der Waals surface area contributed by atoms with Gasteiger partial charge < -0.3 is 10.1 Å². The molecule has 3 atom stereocenters. The summed E-state index contributed by atoms with van der Waals surface area (Å²) in [5.41, 5.74) is 0.481. The van der Waals surface area contributed by atoms with Crippen molar-refractivity contribution in [3.05, 3.63) is 0 Å². The first-order chi connectivity index (χ1) is 8.55. The van der Waals surface area contributed by atoms with Crippen LogP contribution in [0.5, 0.6) is 0 Å². The summed E-state index contributed by atoms with van der Waals surface area (Å²) in [6, 6.07) is 0. The van der Waals surface area contributed by atoms with E-state index in [1.807, 2.05) is 0 Å². The highest BCUT2D eigenvalue weighted by molar-refractivity contribution is 4.83. The maximum Gasteiger partial charge on any atom is 0.0582 e. The van der Waals surface area contributed by atoms with Crippen LogP contribution in [0.1, 0.15) is 59.3 Å². The molecule has 0 radical (unpaired) electrons. The minimum Gasteiger partial charge on any atom is -0.378 e. The van der Waals surface area contributed by atoms with Gasteiger partial charge in [-0.3, -0.25) is 0 Å². The zero-order valence-corrected chi connectivity index (χ0v) is 12.5. The Morgan fingerprint density at radius 1 is 1.28 bits per heavy atom. The summed E-state index contributed by atoms with van der Waals surface area (Å²) in [4.78, 5) is 0. The summed E-state index contributed by atoms with van der Waals surface area (Å²) < 4.78 is 6.16. The van der Waals surface area contributed by atoms with Gasteiger partial charge in [0.15, 0.2) is 0 Å². The minimum atomic E-state index is 0.481. The van der Waals surface area contributed by atoms with Crippen molar-refractivity contribution in [1.82, 2.24) is 5.32 Å². The fourth-order valence-electron chi connectivity index (χ4n) is 3.96. The van der Waals surface area contributed by atoms with Gasteiger partial charge in [-0.15, -0.1) is 0 Å². The highest BCUT2D eigenvalue weighted by Gasteiger charge is 2.32. The van der Waals surface area contributed by atoms with Crippen LogP contribution < -0.4 is 5.32 Å².